The predicted octanol–water partition coefficient (Wildman–Crippen LogP) is 4.94. The van der Waals surface area contributed by atoms with Gasteiger partial charge in [0.2, 0.25) is 0 Å². The molecule has 0 saturated heterocycles. The molecule has 0 atom stereocenters. The first-order valence-corrected chi connectivity index (χ1v) is 10.7. The summed E-state index contributed by atoms with van der Waals surface area (Å²) in [6, 6.07) is 14.0. The Kier molecular flexibility index (Phi) is 4.60. The van der Waals surface area contributed by atoms with Gasteiger partial charge in [-0.3, -0.25) is 0 Å². The van der Waals surface area contributed by atoms with Crippen molar-refractivity contribution in [3.63, 3.8) is 0 Å². The third-order valence-corrected chi connectivity index (χ3v) is 5.83. The van der Waals surface area contributed by atoms with E-state index in [2.05, 4.69) is 55.7 Å². The molecule has 0 aromatic heterocycles. The fraction of sp³-hybridized carbons (Fsp3) is 0.176. The Labute approximate surface area is 131 Å². The van der Waals surface area contributed by atoms with Crippen LogP contribution in [-0.2, 0) is 0 Å². The van der Waals surface area contributed by atoms with Gasteiger partial charge in [-0.1, -0.05) is 72.0 Å². The summed E-state index contributed by atoms with van der Waals surface area (Å²) in [5, 5.41) is 2.53. The van der Waals surface area contributed by atoms with E-state index < -0.39 is 8.07 Å². The zero-order valence-corrected chi connectivity index (χ0v) is 14.3. The Balaban J connectivity index is 2.22. The van der Waals surface area contributed by atoms with Gasteiger partial charge in [-0.15, -0.1) is 0 Å². The maximum atomic E-state index is 5.97. The molecule has 0 aliphatic carbocycles. The monoisotopic (exact) mass is 318 g/mol. The number of halogens is 2. The Hall–Kier alpha value is -1.20. The lowest BCUT2D eigenvalue weighted by Crippen LogP contribution is -2.37. The average Bonchev–Trinajstić information content (AvgIpc) is 2.40. The van der Waals surface area contributed by atoms with Crippen LogP contribution in [0.15, 0.2) is 42.5 Å². The molecule has 2 rings (SSSR count). The highest BCUT2D eigenvalue weighted by Crippen LogP contribution is 2.22. The van der Waals surface area contributed by atoms with Crippen molar-refractivity contribution in [2.75, 3.05) is 0 Å². The molecule has 20 heavy (non-hydrogen) atoms. The van der Waals surface area contributed by atoms with Crippen molar-refractivity contribution in [1.29, 1.82) is 0 Å². The van der Waals surface area contributed by atoms with Crippen LogP contribution >= 0.6 is 23.2 Å². The van der Waals surface area contributed by atoms with Gasteiger partial charge in [0, 0.05) is 11.1 Å². The first-order chi connectivity index (χ1) is 9.36. The number of hydrogen-bond acceptors (Lipinski definition) is 0. The van der Waals surface area contributed by atoms with E-state index in [4.69, 9.17) is 23.2 Å². The van der Waals surface area contributed by atoms with E-state index in [0.29, 0.717) is 10.0 Å². The van der Waals surface area contributed by atoms with Gasteiger partial charge in [-0.05, 0) is 30.3 Å². The summed E-state index contributed by atoms with van der Waals surface area (Å²) in [4.78, 5) is 0. The molecule has 0 aliphatic heterocycles. The summed E-state index contributed by atoms with van der Waals surface area (Å²) in [6.45, 7) is 7.01. The fourth-order valence-electron chi connectivity index (χ4n) is 1.77. The molecule has 0 heterocycles. The van der Waals surface area contributed by atoms with Crippen molar-refractivity contribution in [3.05, 3.63) is 63.6 Å². The van der Waals surface area contributed by atoms with Crippen LogP contribution in [0.3, 0.4) is 0 Å². The van der Waals surface area contributed by atoms with Crippen LogP contribution in [0.1, 0.15) is 11.1 Å². The van der Waals surface area contributed by atoms with Crippen molar-refractivity contribution in [2.24, 2.45) is 0 Å². The second-order valence-corrected chi connectivity index (χ2v) is 11.6. The lowest BCUT2D eigenvalue weighted by atomic mass is 10.2. The molecule has 0 nitrogen and oxygen atoms in total. The molecule has 3 heteroatoms. The van der Waals surface area contributed by atoms with Crippen molar-refractivity contribution < 1.29 is 0 Å². The zero-order valence-electron chi connectivity index (χ0n) is 11.8. The van der Waals surface area contributed by atoms with E-state index in [9.17, 15) is 0 Å². The summed E-state index contributed by atoms with van der Waals surface area (Å²) < 4.78 is 0. The largest absolute Gasteiger partial charge is 0.0827 e. The van der Waals surface area contributed by atoms with Crippen LogP contribution in [0.2, 0.25) is 29.7 Å². The summed E-state index contributed by atoms with van der Waals surface area (Å²) >= 11 is 11.9. The van der Waals surface area contributed by atoms with Crippen LogP contribution in [0.25, 0.3) is 0 Å². The van der Waals surface area contributed by atoms with Gasteiger partial charge in [0.25, 0.3) is 0 Å². The van der Waals surface area contributed by atoms with Crippen molar-refractivity contribution in [3.8, 4) is 11.8 Å². The second kappa shape index (κ2) is 6.05. The molecular weight excluding hydrogens is 303 g/mol. The lowest BCUT2D eigenvalue weighted by Gasteiger charge is -2.15. The minimum Gasteiger partial charge on any atom is -0.0827 e. The third kappa shape index (κ3) is 3.90. The molecule has 0 aliphatic rings. The van der Waals surface area contributed by atoms with Gasteiger partial charge >= 0.3 is 0 Å². The van der Waals surface area contributed by atoms with E-state index in [1.54, 1.807) is 12.1 Å². The van der Waals surface area contributed by atoms with Gasteiger partial charge in [0.15, 0.2) is 0 Å². The zero-order chi connectivity index (χ0) is 14.8. The smallest absolute Gasteiger partial charge is 0.0775 e. The minimum absolute atomic E-state index is 0.535. The lowest BCUT2D eigenvalue weighted by molar-refractivity contribution is 1.62. The molecule has 0 spiro atoms. The molecular formula is C17H16Cl2Si. The van der Waals surface area contributed by atoms with E-state index >= 15 is 0 Å². The summed E-state index contributed by atoms with van der Waals surface area (Å²) in [7, 11) is -1.24. The predicted molar refractivity (Wildman–Crippen MR) is 91.9 cm³/mol. The van der Waals surface area contributed by atoms with Gasteiger partial charge < -0.3 is 0 Å². The van der Waals surface area contributed by atoms with E-state index in [-0.39, 0.29) is 0 Å². The van der Waals surface area contributed by atoms with Gasteiger partial charge in [0.1, 0.15) is 0 Å². The second-order valence-electron chi connectivity index (χ2n) is 5.71. The van der Waals surface area contributed by atoms with Crippen LogP contribution < -0.4 is 5.19 Å². The van der Waals surface area contributed by atoms with Crippen LogP contribution in [0.4, 0.5) is 0 Å². The maximum Gasteiger partial charge on any atom is 0.0775 e. The maximum absolute atomic E-state index is 5.97. The quantitative estimate of drug-likeness (QED) is 0.516. The molecule has 102 valence electrons. The average molecular weight is 319 g/mol. The number of hydrogen-bond donors (Lipinski definition) is 0. The number of rotatable bonds is 1. The van der Waals surface area contributed by atoms with Crippen LogP contribution in [0, 0.1) is 11.8 Å². The fourth-order valence-corrected chi connectivity index (χ4v) is 3.24. The molecule has 0 N–H and O–H groups in total. The number of benzene rings is 2. The summed E-state index contributed by atoms with van der Waals surface area (Å²) in [6.07, 6.45) is 0. The SMILES string of the molecule is C[Si](C)(C)c1ccc(C#Cc2ccc(Cl)c(Cl)c2)cc1. The van der Waals surface area contributed by atoms with Crippen LogP contribution in [0.5, 0.6) is 0 Å². The van der Waals surface area contributed by atoms with Crippen molar-refractivity contribution in [1.82, 2.24) is 0 Å². The third-order valence-electron chi connectivity index (χ3n) is 3.02. The van der Waals surface area contributed by atoms with E-state index in [1.807, 2.05) is 6.07 Å². The Morgan fingerprint density at radius 1 is 0.750 bits per heavy atom. The summed E-state index contributed by atoms with van der Waals surface area (Å²) in [5.74, 6) is 6.26. The highest BCUT2D eigenvalue weighted by Gasteiger charge is 2.15. The molecule has 0 bridgehead atoms. The van der Waals surface area contributed by atoms with Crippen molar-refractivity contribution in [2.45, 2.75) is 19.6 Å². The Morgan fingerprint density at radius 2 is 1.30 bits per heavy atom. The highest BCUT2D eigenvalue weighted by atomic mass is 35.5. The van der Waals surface area contributed by atoms with Crippen molar-refractivity contribution >= 4 is 36.5 Å². The molecule has 0 amide bonds. The molecule has 0 unspecified atom stereocenters. The minimum atomic E-state index is -1.24. The standard InChI is InChI=1S/C17H16Cl2Si/c1-20(2,3)15-9-6-13(7-10-15)4-5-14-8-11-16(18)17(19)12-14/h6-12H,1-3H3. The van der Waals surface area contributed by atoms with Gasteiger partial charge in [0.05, 0.1) is 18.1 Å². The van der Waals surface area contributed by atoms with Gasteiger partial charge in [-0.25, -0.2) is 0 Å². The summed E-state index contributed by atoms with van der Waals surface area (Å²) in [5.41, 5.74) is 1.88. The Morgan fingerprint density at radius 3 is 1.85 bits per heavy atom. The molecule has 2 aromatic rings. The first-order valence-electron chi connectivity index (χ1n) is 6.44. The molecule has 0 fully saturated rings. The first kappa shape index (κ1) is 15.2. The van der Waals surface area contributed by atoms with Crippen LogP contribution in [-0.4, -0.2) is 8.07 Å². The highest BCUT2D eigenvalue weighted by molar-refractivity contribution is 6.88. The topological polar surface area (TPSA) is 0 Å². The molecule has 0 saturated carbocycles. The normalized spacial score (nSPS) is 10.8. The molecule has 2 aromatic carbocycles. The van der Waals surface area contributed by atoms with E-state index in [0.717, 1.165) is 11.1 Å². The van der Waals surface area contributed by atoms with Gasteiger partial charge in [-0.2, -0.15) is 0 Å². The molecule has 0 radical (unpaired) electrons. The Bertz CT molecular complexity index is 671. The van der Waals surface area contributed by atoms with E-state index in [1.165, 1.54) is 5.19 Å².